The molecule has 1 aliphatic rings. The predicted molar refractivity (Wildman–Crippen MR) is 85.6 cm³/mol. The minimum atomic E-state index is -1.03. The molecule has 7 nitrogen and oxygen atoms in total. The average molecular weight is 334 g/mol. The fourth-order valence-corrected chi connectivity index (χ4v) is 2.69. The Kier molecular flexibility index (Phi) is 6.31. The van der Waals surface area contributed by atoms with Crippen molar-refractivity contribution in [1.82, 2.24) is 4.90 Å². The summed E-state index contributed by atoms with van der Waals surface area (Å²) in [6.45, 7) is 0.570. The summed E-state index contributed by atoms with van der Waals surface area (Å²) < 4.78 is 9.82. The van der Waals surface area contributed by atoms with Crippen LogP contribution in [0.4, 0.5) is 0 Å². The number of amides is 1. The Hall–Kier alpha value is -2.41. The highest BCUT2D eigenvalue weighted by Gasteiger charge is 2.37. The summed E-state index contributed by atoms with van der Waals surface area (Å²) in [4.78, 5) is 37.3. The molecule has 0 saturated carbocycles. The van der Waals surface area contributed by atoms with Gasteiger partial charge in [-0.3, -0.25) is 9.59 Å². The predicted octanol–water partition coefficient (Wildman–Crippen LogP) is 0.611. The molecule has 7 heteroatoms. The molecule has 1 heterocycles. The van der Waals surface area contributed by atoms with Crippen molar-refractivity contribution < 1.29 is 23.9 Å². The van der Waals surface area contributed by atoms with Gasteiger partial charge in [-0.15, -0.1) is 0 Å². The summed E-state index contributed by atoms with van der Waals surface area (Å²) in [5.41, 5.74) is 6.68. The third-order valence-corrected chi connectivity index (χ3v) is 3.96. The second kappa shape index (κ2) is 8.44. The van der Waals surface area contributed by atoms with Gasteiger partial charge in [-0.2, -0.15) is 0 Å². The molecule has 0 radical (unpaired) electrons. The van der Waals surface area contributed by atoms with Gasteiger partial charge in [0.1, 0.15) is 12.6 Å². The number of esters is 2. The Morgan fingerprint density at radius 2 is 2.00 bits per heavy atom. The minimum absolute atomic E-state index is 0.134. The van der Waals surface area contributed by atoms with Crippen LogP contribution in [0, 0.1) is 0 Å². The molecule has 2 atom stereocenters. The SMILES string of the molecule is COC(=O)C1CCCN1C(=O)C(N)CC(=O)OCc1ccccc1. The molecule has 0 bridgehead atoms. The zero-order chi connectivity index (χ0) is 17.5. The van der Waals surface area contributed by atoms with Crippen molar-refractivity contribution in [3.8, 4) is 0 Å². The molecule has 1 amide bonds. The minimum Gasteiger partial charge on any atom is -0.467 e. The van der Waals surface area contributed by atoms with Crippen molar-refractivity contribution in [3.05, 3.63) is 35.9 Å². The molecule has 1 aromatic carbocycles. The maximum Gasteiger partial charge on any atom is 0.328 e. The van der Waals surface area contributed by atoms with Gasteiger partial charge < -0.3 is 20.1 Å². The monoisotopic (exact) mass is 334 g/mol. The number of nitrogens with two attached hydrogens (primary N) is 1. The summed E-state index contributed by atoms with van der Waals surface area (Å²) >= 11 is 0. The lowest BCUT2D eigenvalue weighted by Crippen LogP contribution is -2.49. The van der Waals surface area contributed by atoms with Crippen LogP contribution in [0.15, 0.2) is 30.3 Å². The van der Waals surface area contributed by atoms with Crippen LogP contribution < -0.4 is 5.73 Å². The standard InChI is InChI=1S/C17H22N2O5/c1-23-17(22)14-8-5-9-19(14)16(21)13(18)10-15(20)24-11-12-6-3-2-4-7-12/h2-4,6-7,13-14H,5,8-11,18H2,1H3. The van der Waals surface area contributed by atoms with Crippen molar-refractivity contribution >= 4 is 17.8 Å². The van der Waals surface area contributed by atoms with Gasteiger partial charge in [0.2, 0.25) is 5.91 Å². The van der Waals surface area contributed by atoms with Crippen LogP contribution >= 0.6 is 0 Å². The van der Waals surface area contributed by atoms with E-state index in [2.05, 4.69) is 0 Å². The van der Waals surface area contributed by atoms with Crippen LogP contribution in [0.3, 0.4) is 0 Å². The Balaban J connectivity index is 1.84. The van der Waals surface area contributed by atoms with Crippen molar-refractivity contribution in [2.75, 3.05) is 13.7 Å². The van der Waals surface area contributed by atoms with E-state index in [1.54, 1.807) is 0 Å². The lowest BCUT2D eigenvalue weighted by Gasteiger charge is -2.25. The van der Waals surface area contributed by atoms with Gasteiger partial charge in [0.15, 0.2) is 0 Å². The van der Waals surface area contributed by atoms with E-state index in [-0.39, 0.29) is 13.0 Å². The molecule has 1 aliphatic heterocycles. The van der Waals surface area contributed by atoms with Crippen LogP contribution in [-0.4, -0.2) is 48.5 Å². The molecule has 2 unspecified atom stereocenters. The normalized spacial score (nSPS) is 18.1. The zero-order valence-corrected chi connectivity index (χ0v) is 13.6. The van der Waals surface area contributed by atoms with Crippen LogP contribution in [-0.2, 0) is 30.5 Å². The number of nitrogens with zero attached hydrogens (tertiary/aromatic N) is 1. The number of ether oxygens (including phenoxy) is 2. The van der Waals surface area contributed by atoms with Gasteiger partial charge in [0.25, 0.3) is 0 Å². The molecule has 2 rings (SSSR count). The van der Waals surface area contributed by atoms with Gasteiger partial charge in [0, 0.05) is 6.54 Å². The topological polar surface area (TPSA) is 98.9 Å². The number of hydrogen-bond donors (Lipinski definition) is 1. The molecule has 1 saturated heterocycles. The summed E-state index contributed by atoms with van der Waals surface area (Å²) in [7, 11) is 1.28. The molecule has 0 spiro atoms. The molecular weight excluding hydrogens is 312 g/mol. The van der Waals surface area contributed by atoms with Crippen molar-refractivity contribution in [3.63, 3.8) is 0 Å². The number of likely N-dealkylation sites (tertiary alicyclic amines) is 1. The molecule has 0 aromatic heterocycles. The summed E-state index contributed by atoms with van der Waals surface area (Å²) in [5.74, 6) is -1.44. The highest BCUT2D eigenvalue weighted by Crippen LogP contribution is 2.19. The van der Waals surface area contributed by atoms with Crippen LogP contribution in [0.25, 0.3) is 0 Å². The second-order valence-corrected chi connectivity index (χ2v) is 5.67. The number of benzene rings is 1. The van der Waals surface area contributed by atoms with Gasteiger partial charge in [-0.05, 0) is 18.4 Å². The van der Waals surface area contributed by atoms with Crippen molar-refractivity contribution in [2.24, 2.45) is 5.73 Å². The lowest BCUT2D eigenvalue weighted by molar-refractivity contribution is -0.152. The van der Waals surface area contributed by atoms with Gasteiger partial charge in [-0.25, -0.2) is 4.79 Å². The van der Waals surface area contributed by atoms with Crippen LogP contribution in [0.1, 0.15) is 24.8 Å². The highest BCUT2D eigenvalue weighted by molar-refractivity contribution is 5.90. The van der Waals surface area contributed by atoms with Gasteiger partial charge >= 0.3 is 11.9 Å². The van der Waals surface area contributed by atoms with Crippen LogP contribution in [0.5, 0.6) is 0 Å². The maximum atomic E-state index is 12.4. The molecule has 0 aliphatic carbocycles. The van der Waals surface area contributed by atoms with E-state index in [1.807, 2.05) is 30.3 Å². The first-order valence-corrected chi connectivity index (χ1v) is 7.86. The molecule has 1 fully saturated rings. The molecule has 130 valence electrons. The van der Waals surface area contributed by atoms with E-state index in [1.165, 1.54) is 12.0 Å². The van der Waals surface area contributed by atoms with E-state index in [0.29, 0.717) is 19.4 Å². The Bertz CT molecular complexity index is 590. The maximum absolute atomic E-state index is 12.4. The first kappa shape index (κ1) is 17.9. The lowest BCUT2D eigenvalue weighted by atomic mass is 10.1. The molecule has 1 aromatic rings. The quantitative estimate of drug-likeness (QED) is 0.765. The molecular formula is C17H22N2O5. The number of carbonyl (C=O) groups excluding carboxylic acids is 3. The Morgan fingerprint density at radius 3 is 2.67 bits per heavy atom. The molecule has 2 N–H and O–H groups in total. The fourth-order valence-electron chi connectivity index (χ4n) is 2.69. The smallest absolute Gasteiger partial charge is 0.328 e. The van der Waals surface area contributed by atoms with Crippen molar-refractivity contribution in [2.45, 2.75) is 38.0 Å². The number of carbonyl (C=O) groups is 3. The Morgan fingerprint density at radius 1 is 1.29 bits per heavy atom. The van der Waals surface area contributed by atoms with E-state index >= 15 is 0 Å². The largest absolute Gasteiger partial charge is 0.467 e. The van der Waals surface area contributed by atoms with Crippen LogP contribution in [0.2, 0.25) is 0 Å². The van der Waals surface area contributed by atoms with E-state index in [9.17, 15) is 14.4 Å². The van der Waals surface area contributed by atoms with Gasteiger partial charge in [-0.1, -0.05) is 30.3 Å². The Labute approximate surface area is 140 Å². The number of hydrogen-bond acceptors (Lipinski definition) is 6. The summed E-state index contributed by atoms with van der Waals surface area (Å²) in [5, 5.41) is 0. The number of methoxy groups -OCH3 is 1. The third kappa shape index (κ3) is 4.55. The van der Waals surface area contributed by atoms with Crippen molar-refractivity contribution in [1.29, 1.82) is 0 Å². The fraction of sp³-hybridized carbons (Fsp3) is 0.471. The molecule has 24 heavy (non-hydrogen) atoms. The second-order valence-electron chi connectivity index (χ2n) is 5.67. The first-order valence-electron chi connectivity index (χ1n) is 7.86. The number of rotatable bonds is 6. The van der Waals surface area contributed by atoms with E-state index in [4.69, 9.17) is 15.2 Å². The highest BCUT2D eigenvalue weighted by atomic mass is 16.5. The summed E-state index contributed by atoms with van der Waals surface area (Å²) in [6.07, 6.45) is 1.02. The zero-order valence-electron chi connectivity index (χ0n) is 13.6. The first-order chi connectivity index (χ1) is 11.5. The average Bonchev–Trinajstić information content (AvgIpc) is 3.09. The third-order valence-electron chi connectivity index (χ3n) is 3.96. The van der Waals surface area contributed by atoms with E-state index < -0.39 is 29.9 Å². The van der Waals surface area contributed by atoms with E-state index in [0.717, 1.165) is 5.56 Å². The van der Waals surface area contributed by atoms with Gasteiger partial charge in [0.05, 0.1) is 19.6 Å². The summed E-state index contributed by atoms with van der Waals surface area (Å²) in [6, 6.07) is 7.59.